The third-order valence-corrected chi connectivity index (χ3v) is 2.88. The molecule has 0 aliphatic heterocycles. The van der Waals surface area contributed by atoms with Gasteiger partial charge in [-0.1, -0.05) is 0 Å². The van der Waals surface area contributed by atoms with Crippen molar-refractivity contribution in [2.24, 2.45) is 0 Å². The van der Waals surface area contributed by atoms with Crippen LogP contribution in [0.2, 0.25) is 0 Å². The van der Waals surface area contributed by atoms with Gasteiger partial charge in [0.2, 0.25) is 5.76 Å². The van der Waals surface area contributed by atoms with Gasteiger partial charge in [-0.25, -0.2) is 4.79 Å². The summed E-state index contributed by atoms with van der Waals surface area (Å²) in [5.74, 6) is 0.0523. The Morgan fingerprint density at radius 1 is 1.42 bits per heavy atom. The molecule has 2 aromatic rings. The second-order valence-electron chi connectivity index (χ2n) is 3.98. The van der Waals surface area contributed by atoms with Gasteiger partial charge in [0.1, 0.15) is 11.3 Å². The van der Waals surface area contributed by atoms with Crippen LogP contribution in [0.3, 0.4) is 0 Å². The molecule has 5 heteroatoms. The monoisotopic (exact) mass is 262 g/mol. The highest BCUT2D eigenvalue weighted by Crippen LogP contribution is 2.31. The van der Waals surface area contributed by atoms with Crippen LogP contribution in [-0.4, -0.2) is 26.0 Å². The second kappa shape index (κ2) is 5.14. The second-order valence-corrected chi connectivity index (χ2v) is 3.98. The first-order valence-corrected chi connectivity index (χ1v) is 5.85. The molecule has 0 radical (unpaired) electrons. The van der Waals surface area contributed by atoms with E-state index >= 15 is 0 Å². The predicted octanol–water partition coefficient (Wildman–Crippen LogP) is 2.74. The van der Waals surface area contributed by atoms with E-state index in [2.05, 4.69) is 0 Å². The highest BCUT2D eigenvalue weighted by molar-refractivity contribution is 5.98. The smallest absolute Gasteiger partial charge is 0.374 e. The summed E-state index contributed by atoms with van der Waals surface area (Å²) in [7, 11) is 1.47. The van der Waals surface area contributed by atoms with Crippen LogP contribution in [0.1, 0.15) is 33.4 Å². The maximum atomic E-state index is 11.7. The van der Waals surface area contributed by atoms with Gasteiger partial charge in [0.25, 0.3) is 0 Å². The molecule has 100 valence electrons. The molecule has 5 nitrogen and oxygen atoms in total. The molecular formula is C14H14O5. The van der Waals surface area contributed by atoms with E-state index in [-0.39, 0.29) is 12.4 Å². The number of methoxy groups -OCH3 is 1. The fourth-order valence-electron chi connectivity index (χ4n) is 1.92. The summed E-state index contributed by atoms with van der Waals surface area (Å²) in [6.45, 7) is 3.75. The minimum Gasteiger partial charge on any atom is -0.496 e. The summed E-state index contributed by atoms with van der Waals surface area (Å²) >= 11 is 0. The zero-order valence-electron chi connectivity index (χ0n) is 11.0. The molecule has 19 heavy (non-hydrogen) atoms. The van der Waals surface area contributed by atoms with E-state index in [0.717, 1.165) is 0 Å². The summed E-state index contributed by atoms with van der Waals surface area (Å²) in [5, 5.41) is 0.700. The van der Waals surface area contributed by atoms with Crippen LogP contribution in [-0.2, 0) is 4.74 Å². The first-order valence-electron chi connectivity index (χ1n) is 5.85. The molecule has 0 N–H and O–H groups in total. The summed E-state index contributed by atoms with van der Waals surface area (Å²) in [6.07, 6.45) is 0.703. The number of ether oxygens (including phenoxy) is 2. The number of fused-ring (bicyclic) bond motifs is 1. The van der Waals surface area contributed by atoms with Crippen LogP contribution < -0.4 is 4.74 Å². The topological polar surface area (TPSA) is 65.7 Å². The molecule has 1 aromatic carbocycles. The number of aldehydes is 1. The largest absolute Gasteiger partial charge is 0.496 e. The molecule has 0 aliphatic rings. The van der Waals surface area contributed by atoms with Crippen LogP contribution in [0.5, 0.6) is 5.75 Å². The van der Waals surface area contributed by atoms with Gasteiger partial charge in [0.05, 0.1) is 19.3 Å². The number of aryl methyl sites for hydroxylation is 1. The van der Waals surface area contributed by atoms with Gasteiger partial charge in [0, 0.05) is 17.0 Å². The standard InChI is InChI=1S/C14H14O5/c1-4-18-14(16)13-8(2)10-5-9(7-15)11(17-3)6-12(10)19-13/h5-7H,4H2,1-3H3. The van der Waals surface area contributed by atoms with Gasteiger partial charge >= 0.3 is 5.97 Å². The summed E-state index contributed by atoms with van der Waals surface area (Å²) in [6, 6.07) is 3.23. The van der Waals surface area contributed by atoms with Gasteiger partial charge in [-0.15, -0.1) is 0 Å². The van der Waals surface area contributed by atoms with Crippen LogP contribution in [0, 0.1) is 6.92 Å². The van der Waals surface area contributed by atoms with Crippen molar-refractivity contribution >= 4 is 23.2 Å². The van der Waals surface area contributed by atoms with E-state index in [1.54, 1.807) is 26.0 Å². The normalized spacial score (nSPS) is 10.5. The maximum absolute atomic E-state index is 11.7. The molecule has 0 unspecified atom stereocenters. The molecule has 0 saturated carbocycles. The zero-order valence-corrected chi connectivity index (χ0v) is 11.0. The molecule has 0 aliphatic carbocycles. The first kappa shape index (κ1) is 13.1. The lowest BCUT2D eigenvalue weighted by Gasteiger charge is -2.02. The van der Waals surface area contributed by atoms with Gasteiger partial charge in [0.15, 0.2) is 6.29 Å². The number of benzene rings is 1. The third kappa shape index (κ3) is 2.19. The van der Waals surface area contributed by atoms with E-state index in [1.807, 2.05) is 0 Å². The molecule has 1 aromatic heterocycles. The molecular weight excluding hydrogens is 248 g/mol. The van der Waals surface area contributed by atoms with Crippen molar-refractivity contribution in [2.45, 2.75) is 13.8 Å². The SMILES string of the molecule is CCOC(=O)c1oc2cc(OC)c(C=O)cc2c1C. The first-order chi connectivity index (χ1) is 9.12. The van der Waals surface area contributed by atoms with Crippen molar-refractivity contribution in [3.8, 4) is 5.75 Å². The minimum atomic E-state index is -0.511. The third-order valence-electron chi connectivity index (χ3n) is 2.88. The van der Waals surface area contributed by atoms with Crippen LogP contribution >= 0.6 is 0 Å². The number of rotatable bonds is 4. The van der Waals surface area contributed by atoms with Crippen molar-refractivity contribution in [2.75, 3.05) is 13.7 Å². The molecule has 0 spiro atoms. The molecule has 2 rings (SSSR count). The Labute approximate surface area is 110 Å². The van der Waals surface area contributed by atoms with Crippen molar-refractivity contribution in [3.05, 3.63) is 29.0 Å². The average Bonchev–Trinajstić information content (AvgIpc) is 2.74. The van der Waals surface area contributed by atoms with Crippen LogP contribution in [0.15, 0.2) is 16.5 Å². The van der Waals surface area contributed by atoms with Crippen molar-refractivity contribution < 1.29 is 23.5 Å². The van der Waals surface area contributed by atoms with Gasteiger partial charge in [-0.3, -0.25) is 4.79 Å². The Morgan fingerprint density at radius 2 is 2.16 bits per heavy atom. The Hall–Kier alpha value is -2.30. The van der Waals surface area contributed by atoms with E-state index in [0.29, 0.717) is 34.1 Å². The molecule has 0 bridgehead atoms. The highest BCUT2D eigenvalue weighted by Gasteiger charge is 2.20. The molecule has 0 saturated heterocycles. The Morgan fingerprint density at radius 3 is 2.74 bits per heavy atom. The van der Waals surface area contributed by atoms with Crippen molar-refractivity contribution in [1.82, 2.24) is 0 Å². The van der Waals surface area contributed by atoms with Crippen molar-refractivity contribution in [1.29, 1.82) is 0 Å². The summed E-state index contributed by atoms with van der Waals surface area (Å²) in [4.78, 5) is 22.7. The quantitative estimate of drug-likeness (QED) is 0.626. The Balaban J connectivity index is 2.63. The van der Waals surface area contributed by atoms with Gasteiger partial charge in [-0.2, -0.15) is 0 Å². The molecule has 1 heterocycles. The van der Waals surface area contributed by atoms with E-state index in [9.17, 15) is 9.59 Å². The van der Waals surface area contributed by atoms with Gasteiger partial charge in [-0.05, 0) is 19.9 Å². The Kier molecular flexibility index (Phi) is 3.55. The van der Waals surface area contributed by atoms with Crippen molar-refractivity contribution in [3.63, 3.8) is 0 Å². The van der Waals surface area contributed by atoms with E-state index in [1.165, 1.54) is 7.11 Å². The predicted molar refractivity (Wildman–Crippen MR) is 68.8 cm³/mol. The number of hydrogen-bond acceptors (Lipinski definition) is 5. The molecule has 0 amide bonds. The number of carbonyl (C=O) groups excluding carboxylic acids is 2. The number of esters is 1. The van der Waals surface area contributed by atoms with Crippen LogP contribution in [0.4, 0.5) is 0 Å². The lowest BCUT2D eigenvalue weighted by atomic mass is 10.1. The highest BCUT2D eigenvalue weighted by atomic mass is 16.5. The lowest BCUT2D eigenvalue weighted by Crippen LogP contribution is -2.04. The fourth-order valence-corrected chi connectivity index (χ4v) is 1.92. The number of carbonyl (C=O) groups is 2. The average molecular weight is 262 g/mol. The fraction of sp³-hybridized carbons (Fsp3) is 0.286. The van der Waals surface area contributed by atoms with E-state index in [4.69, 9.17) is 13.9 Å². The molecule has 0 atom stereocenters. The maximum Gasteiger partial charge on any atom is 0.374 e. The summed E-state index contributed by atoms with van der Waals surface area (Å²) in [5.41, 5.74) is 1.55. The summed E-state index contributed by atoms with van der Waals surface area (Å²) < 4.78 is 15.5. The number of hydrogen-bond donors (Lipinski definition) is 0. The van der Waals surface area contributed by atoms with Crippen LogP contribution in [0.25, 0.3) is 11.0 Å². The zero-order chi connectivity index (χ0) is 14.0. The van der Waals surface area contributed by atoms with E-state index < -0.39 is 5.97 Å². The van der Waals surface area contributed by atoms with Gasteiger partial charge < -0.3 is 13.9 Å². The minimum absolute atomic E-state index is 0.155. The molecule has 0 fully saturated rings. The number of furan rings is 1. The lowest BCUT2D eigenvalue weighted by molar-refractivity contribution is 0.0491. The Bertz CT molecular complexity index is 639.